The molecule has 118 valence electrons. The number of nitrogens with one attached hydrogen (secondary N) is 1. The molecule has 3 heterocycles. The number of aromatic amines is 1. The molecule has 1 fully saturated rings. The summed E-state index contributed by atoms with van der Waals surface area (Å²) in [6.07, 6.45) is 0.501. The largest absolute Gasteiger partial charge is 0.326 e. The van der Waals surface area contributed by atoms with Crippen LogP contribution in [-0.4, -0.2) is 39.7 Å². The lowest BCUT2D eigenvalue weighted by molar-refractivity contribution is 0.501. The Morgan fingerprint density at radius 3 is 2.68 bits per heavy atom. The normalized spacial score (nSPS) is 20.4. The topological polar surface area (TPSA) is 97.7 Å². The first-order valence-electron chi connectivity index (χ1n) is 7.11. The van der Waals surface area contributed by atoms with Crippen LogP contribution in [0.2, 0.25) is 0 Å². The van der Waals surface area contributed by atoms with Crippen molar-refractivity contribution >= 4 is 9.84 Å². The van der Waals surface area contributed by atoms with Crippen LogP contribution in [0.25, 0.3) is 11.4 Å². The van der Waals surface area contributed by atoms with E-state index < -0.39 is 9.84 Å². The summed E-state index contributed by atoms with van der Waals surface area (Å²) in [5.41, 5.74) is 1.94. The fraction of sp³-hybridized carbons (Fsp3) is 0.500. The molecule has 0 saturated carbocycles. The van der Waals surface area contributed by atoms with Gasteiger partial charge in [0, 0.05) is 5.69 Å². The van der Waals surface area contributed by atoms with E-state index in [4.69, 9.17) is 0 Å². The smallest absolute Gasteiger partial charge is 0.259 e. The van der Waals surface area contributed by atoms with E-state index in [1.807, 2.05) is 13.8 Å². The molecule has 2 aromatic heterocycles. The molecule has 1 aliphatic rings. The summed E-state index contributed by atoms with van der Waals surface area (Å²) >= 11 is 0. The summed E-state index contributed by atoms with van der Waals surface area (Å²) in [5, 5.41) is 4.32. The Hall–Kier alpha value is -1.96. The minimum absolute atomic E-state index is 0.0472. The van der Waals surface area contributed by atoms with Crippen LogP contribution in [0, 0.1) is 20.8 Å². The predicted octanol–water partition coefficient (Wildman–Crippen LogP) is 0.918. The first-order valence-corrected chi connectivity index (χ1v) is 8.93. The number of H-pyrrole nitrogens is 1. The number of rotatable bonds is 2. The molecular weight excluding hydrogens is 304 g/mol. The molecule has 0 spiro atoms. The zero-order valence-electron chi connectivity index (χ0n) is 12.8. The van der Waals surface area contributed by atoms with Crippen molar-refractivity contribution < 1.29 is 8.42 Å². The molecule has 0 bridgehead atoms. The van der Waals surface area contributed by atoms with Crippen molar-refractivity contribution in [3.05, 3.63) is 33.5 Å². The Balaban J connectivity index is 2.13. The third-order valence-electron chi connectivity index (χ3n) is 4.03. The molecule has 1 atom stereocenters. The Bertz CT molecular complexity index is 895. The number of hydrogen-bond acceptors (Lipinski definition) is 5. The van der Waals surface area contributed by atoms with Gasteiger partial charge in [0.1, 0.15) is 5.82 Å². The van der Waals surface area contributed by atoms with E-state index in [0.717, 1.165) is 11.3 Å². The van der Waals surface area contributed by atoms with Gasteiger partial charge in [0.05, 0.1) is 23.1 Å². The average Bonchev–Trinajstić information content (AvgIpc) is 2.96. The van der Waals surface area contributed by atoms with Gasteiger partial charge in [0.25, 0.3) is 5.56 Å². The quantitative estimate of drug-likeness (QED) is 0.886. The van der Waals surface area contributed by atoms with Gasteiger partial charge in [-0.2, -0.15) is 5.10 Å². The molecule has 7 nitrogen and oxygen atoms in total. The van der Waals surface area contributed by atoms with Crippen LogP contribution in [0.5, 0.6) is 0 Å². The highest BCUT2D eigenvalue weighted by molar-refractivity contribution is 7.91. The average molecular weight is 322 g/mol. The van der Waals surface area contributed by atoms with E-state index >= 15 is 0 Å². The standard InChI is InChI=1S/C14H18N4O3S/c1-8-6-12(14(19)15-9(8)2)13-16-10(3)17-18(13)11-4-5-22(20,21)7-11/h6,11H,4-5,7H2,1-3H3,(H,15,19). The van der Waals surface area contributed by atoms with E-state index in [-0.39, 0.29) is 23.1 Å². The minimum Gasteiger partial charge on any atom is -0.326 e. The van der Waals surface area contributed by atoms with Crippen LogP contribution in [0.1, 0.15) is 29.5 Å². The maximum atomic E-state index is 12.2. The minimum atomic E-state index is -3.03. The zero-order valence-corrected chi connectivity index (χ0v) is 13.6. The summed E-state index contributed by atoms with van der Waals surface area (Å²) in [7, 11) is -3.03. The zero-order chi connectivity index (χ0) is 16.1. The van der Waals surface area contributed by atoms with Gasteiger partial charge in [-0.25, -0.2) is 18.1 Å². The van der Waals surface area contributed by atoms with Crippen molar-refractivity contribution in [2.45, 2.75) is 33.2 Å². The van der Waals surface area contributed by atoms with Crippen molar-refractivity contribution in [2.75, 3.05) is 11.5 Å². The SMILES string of the molecule is Cc1nc(-c2cc(C)c(C)[nH]c2=O)n(C2CCS(=O)(=O)C2)n1. The lowest BCUT2D eigenvalue weighted by atomic mass is 10.1. The molecule has 22 heavy (non-hydrogen) atoms. The second-order valence-electron chi connectivity index (χ2n) is 5.80. The third-order valence-corrected chi connectivity index (χ3v) is 5.78. The van der Waals surface area contributed by atoms with Gasteiger partial charge < -0.3 is 4.98 Å². The maximum Gasteiger partial charge on any atom is 0.259 e. The molecule has 3 rings (SSSR count). The Kier molecular flexibility index (Phi) is 3.43. The van der Waals surface area contributed by atoms with Crippen LogP contribution in [-0.2, 0) is 9.84 Å². The molecule has 1 N–H and O–H groups in total. The molecule has 1 unspecified atom stereocenters. The molecular formula is C14H18N4O3S. The molecule has 0 aliphatic carbocycles. The molecule has 0 radical (unpaired) electrons. The number of pyridine rings is 1. The van der Waals surface area contributed by atoms with Crippen LogP contribution >= 0.6 is 0 Å². The van der Waals surface area contributed by atoms with E-state index in [1.165, 1.54) is 0 Å². The summed E-state index contributed by atoms with van der Waals surface area (Å²) in [6, 6.07) is 1.51. The monoisotopic (exact) mass is 322 g/mol. The Morgan fingerprint density at radius 1 is 1.32 bits per heavy atom. The van der Waals surface area contributed by atoms with E-state index in [9.17, 15) is 13.2 Å². The van der Waals surface area contributed by atoms with Gasteiger partial charge >= 0.3 is 0 Å². The number of sulfone groups is 1. The molecule has 2 aromatic rings. The highest BCUT2D eigenvalue weighted by Gasteiger charge is 2.32. The van der Waals surface area contributed by atoms with Crippen LogP contribution in [0.15, 0.2) is 10.9 Å². The van der Waals surface area contributed by atoms with Crippen LogP contribution in [0.3, 0.4) is 0 Å². The van der Waals surface area contributed by atoms with Crippen molar-refractivity contribution in [3.63, 3.8) is 0 Å². The number of aryl methyl sites for hydroxylation is 3. The van der Waals surface area contributed by atoms with Gasteiger partial charge in [0.15, 0.2) is 15.7 Å². The van der Waals surface area contributed by atoms with E-state index in [0.29, 0.717) is 23.6 Å². The molecule has 8 heteroatoms. The van der Waals surface area contributed by atoms with Gasteiger partial charge in [-0.15, -0.1) is 0 Å². The van der Waals surface area contributed by atoms with Crippen molar-refractivity contribution in [1.29, 1.82) is 0 Å². The van der Waals surface area contributed by atoms with Gasteiger partial charge in [-0.1, -0.05) is 0 Å². The highest BCUT2D eigenvalue weighted by Crippen LogP contribution is 2.27. The van der Waals surface area contributed by atoms with Crippen molar-refractivity contribution in [3.8, 4) is 11.4 Å². The van der Waals surface area contributed by atoms with Crippen LogP contribution < -0.4 is 5.56 Å². The Labute approximate surface area is 128 Å². The summed E-state index contributed by atoms with van der Waals surface area (Å²) in [6.45, 7) is 5.47. The fourth-order valence-electron chi connectivity index (χ4n) is 2.73. The first kappa shape index (κ1) is 15.0. The third kappa shape index (κ3) is 2.58. The number of hydrogen-bond donors (Lipinski definition) is 1. The van der Waals surface area contributed by atoms with E-state index in [2.05, 4.69) is 15.1 Å². The summed E-state index contributed by atoms with van der Waals surface area (Å²) < 4.78 is 25.0. The second kappa shape index (κ2) is 5.05. The lowest BCUT2D eigenvalue weighted by Gasteiger charge is -2.12. The van der Waals surface area contributed by atoms with Gasteiger partial charge in [-0.05, 0) is 38.8 Å². The number of nitrogens with zero attached hydrogens (tertiary/aromatic N) is 3. The summed E-state index contributed by atoms with van der Waals surface area (Å²) in [4.78, 5) is 19.4. The van der Waals surface area contributed by atoms with Gasteiger partial charge in [-0.3, -0.25) is 4.79 Å². The molecule has 1 saturated heterocycles. The highest BCUT2D eigenvalue weighted by atomic mass is 32.2. The fourth-order valence-corrected chi connectivity index (χ4v) is 4.42. The Morgan fingerprint density at radius 2 is 2.05 bits per heavy atom. The molecule has 0 aromatic carbocycles. The van der Waals surface area contributed by atoms with Crippen LogP contribution in [0.4, 0.5) is 0 Å². The van der Waals surface area contributed by atoms with Crippen molar-refractivity contribution in [1.82, 2.24) is 19.7 Å². The predicted molar refractivity (Wildman–Crippen MR) is 82.6 cm³/mol. The van der Waals surface area contributed by atoms with E-state index in [1.54, 1.807) is 17.7 Å². The number of aromatic nitrogens is 4. The van der Waals surface area contributed by atoms with Gasteiger partial charge in [0.2, 0.25) is 0 Å². The first-order chi connectivity index (χ1) is 10.3. The molecule has 0 amide bonds. The summed E-state index contributed by atoms with van der Waals surface area (Å²) in [5.74, 6) is 1.16. The second-order valence-corrected chi connectivity index (χ2v) is 8.03. The van der Waals surface area contributed by atoms with Crippen molar-refractivity contribution in [2.24, 2.45) is 0 Å². The maximum absolute atomic E-state index is 12.2. The lowest BCUT2D eigenvalue weighted by Crippen LogP contribution is -2.18. The molecule has 1 aliphatic heterocycles.